The number of aryl methyl sites for hydroxylation is 1. The molecule has 2 heterocycles. The minimum absolute atomic E-state index is 0.0387. The number of benzene rings is 5. The van der Waals surface area contributed by atoms with E-state index in [1.807, 2.05) is 78.9 Å². The Morgan fingerprint density at radius 3 is 2.28 bits per heavy atom. The van der Waals surface area contributed by atoms with Crippen LogP contribution in [0.25, 0.3) is 11.1 Å². The van der Waals surface area contributed by atoms with Crippen molar-refractivity contribution in [1.82, 2.24) is 4.90 Å². The average Bonchev–Trinajstić information content (AvgIpc) is 3.59. The van der Waals surface area contributed by atoms with Gasteiger partial charge in [0.25, 0.3) is 11.8 Å². The number of amides is 2. The second kappa shape index (κ2) is 12.7. The van der Waals surface area contributed by atoms with Crippen molar-refractivity contribution in [2.45, 2.75) is 45.5 Å². The number of ether oxygens (including phenoxy) is 2. The molecule has 5 aromatic rings. The van der Waals surface area contributed by atoms with E-state index in [2.05, 4.69) is 31.2 Å². The molecular weight excluding hydrogens is 586 g/mol. The molecule has 2 aliphatic heterocycles. The first kappa shape index (κ1) is 30.1. The summed E-state index contributed by atoms with van der Waals surface area (Å²) in [6, 6.07) is 35.7. The van der Waals surface area contributed by atoms with Crippen LogP contribution in [-0.4, -0.2) is 29.9 Å². The van der Waals surface area contributed by atoms with E-state index < -0.39 is 0 Å². The van der Waals surface area contributed by atoms with Crippen LogP contribution in [0.4, 0.5) is 11.4 Å². The fourth-order valence-electron chi connectivity index (χ4n) is 6.46. The second-order valence-electron chi connectivity index (χ2n) is 12.3. The SMILES string of the molecule is COc1ccc(-c2ccc(N3Cc4ccc(CN5Cc6ccc(N)cc6C5=O)cc4C3=O)cc2OC(C)CCc2ccccc2)cc1. The molecule has 7 heteroatoms. The molecule has 7 nitrogen and oxygen atoms in total. The molecule has 0 radical (unpaired) electrons. The van der Waals surface area contributed by atoms with Gasteiger partial charge in [-0.1, -0.05) is 60.7 Å². The zero-order valence-corrected chi connectivity index (χ0v) is 26.6. The Balaban J connectivity index is 1.12. The number of rotatable bonds is 10. The lowest BCUT2D eigenvalue weighted by Gasteiger charge is -2.22. The third-order valence-corrected chi connectivity index (χ3v) is 9.05. The third kappa shape index (κ3) is 6.17. The molecule has 2 aliphatic rings. The number of nitrogen functional groups attached to an aromatic ring is 1. The van der Waals surface area contributed by atoms with Crippen LogP contribution < -0.4 is 20.1 Å². The van der Waals surface area contributed by atoms with Gasteiger partial charge in [0.1, 0.15) is 11.5 Å². The van der Waals surface area contributed by atoms with Crippen LogP contribution in [0.5, 0.6) is 11.5 Å². The van der Waals surface area contributed by atoms with Crippen LogP contribution in [0.3, 0.4) is 0 Å². The fourth-order valence-corrected chi connectivity index (χ4v) is 6.46. The van der Waals surface area contributed by atoms with E-state index in [4.69, 9.17) is 15.2 Å². The summed E-state index contributed by atoms with van der Waals surface area (Å²) in [7, 11) is 1.66. The van der Waals surface area contributed by atoms with Gasteiger partial charge in [0, 0.05) is 47.2 Å². The molecule has 47 heavy (non-hydrogen) atoms. The minimum Gasteiger partial charge on any atom is -0.497 e. The van der Waals surface area contributed by atoms with E-state index in [0.717, 1.165) is 57.8 Å². The molecule has 0 aromatic heterocycles. The summed E-state index contributed by atoms with van der Waals surface area (Å²) in [6.45, 7) is 3.50. The molecule has 7 rings (SSSR count). The first-order valence-electron chi connectivity index (χ1n) is 16.0. The minimum atomic E-state index is -0.0640. The van der Waals surface area contributed by atoms with Crippen molar-refractivity contribution in [2.75, 3.05) is 17.7 Å². The number of carbonyl (C=O) groups excluding carboxylic acids is 2. The van der Waals surface area contributed by atoms with Crippen molar-refractivity contribution in [2.24, 2.45) is 0 Å². The van der Waals surface area contributed by atoms with E-state index >= 15 is 0 Å². The van der Waals surface area contributed by atoms with E-state index in [1.54, 1.807) is 23.0 Å². The van der Waals surface area contributed by atoms with Crippen LogP contribution in [-0.2, 0) is 26.1 Å². The van der Waals surface area contributed by atoms with Gasteiger partial charge in [-0.3, -0.25) is 9.59 Å². The standard InChI is InChI=1S/C40H37N3O4/c1-26(8-9-27-6-4-3-5-7-27)47-38-22-33(16-19-35(38)29-13-17-34(46-2)18-14-29)43-25-31-11-10-28(20-36(31)40(43)45)23-42-24-30-12-15-32(41)21-37(30)39(42)44/h3-7,10-22,26H,8-9,23-25,41H2,1-2H3. The maximum absolute atomic E-state index is 13.9. The number of anilines is 2. The summed E-state index contributed by atoms with van der Waals surface area (Å²) < 4.78 is 12.0. The molecule has 2 amide bonds. The zero-order valence-electron chi connectivity index (χ0n) is 26.6. The van der Waals surface area contributed by atoms with Gasteiger partial charge in [-0.05, 0) is 90.0 Å². The van der Waals surface area contributed by atoms with E-state index in [-0.39, 0.29) is 17.9 Å². The van der Waals surface area contributed by atoms with E-state index in [1.165, 1.54) is 5.56 Å². The first-order valence-corrected chi connectivity index (χ1v) is 16.0. The second-order valence-corrected chi connectivity index (χ2v) is 12.3. The Morgan fingerprint density at radius 2 is 1.49 bits per heavy atom. The average molecular weight is 624 g/mol. The number of carbonyl (C=O) groups is 2. The fraction of sp³-hybridized carbons (Fsp3) is 0.200. The van der Waals surface area contributed by atoms with Gasteiger partial charge in [-0.2, -0.15) is 0 Å². The number of nitrogens with two attached hydrogens (primary N) is 1. The monoisotopic (exact) mass is 623 g/mol. The lowest BCUT2D eigenvalue weighted by atomic mass is 10.0. The molecule has 1 unspecified atom stereocenters. The number of nitrogens with zero attached hydrogens (tertiary/aromatic N) is 2. The lowest BCUT2D eigenvalue weighted by Crippen LogP contribution is -2.24. The van der Waals surface area contributed by atoms with Crippen molar-refractivity contribution in [3.63, 3.8) is 0 Å². The largest absolute Gasteiger partial charge is 0.497 e. The van der Waals surface area contributed by atoms with Crippen LogP contribution in [0.1, 0.15) is 56.3 Å². The summed E-state index contributed by atoms with van der Waals surface area (Å²) in [5.74, 6) is 1.41. The summed E-state index contributed by atoms with van der Waals surface area (Å²) in [6.07, 6.45) is 1.71. The molecule has 1 atom stereocenters. The molecule has 2 N–H and O–H groups in total. The summed E-state index contributed by atoms with van der Waals surface area (Å²) >= 11 is 0. The molecule has 0 spiro atoms. The van der Waals surface area contributed by atoms with E-state index in [9.17, 15) is 9.59 Å². The Bertz CT molecular complexity index is 1960. The van der Waals surface area contributed by atoms with Gasteiger partial charge >= 0.3 is 0 Å². The maximum atomic E-state index is 13.9. The van der Waals surface area contributed by atoms with Crippen LogP contribution >= 0.6 is 0 Å². The van der Waals surface area contributed by atoms with Gasteiger partial charge in [-0.25, -0.2) is 0 Å². The summed E-state index contributed by atoms with van der Waals surface area (Å²) in [4.78, 5) is 30.5. The highest BCUT2D eigenvalue weighted by Crippen LogP contribution is 2.38. The Kier molecular flexibility index (Phi) is 8.12. The molecule has 5 aromatic carbocycles. The number of methoxy groups -OCH3 is 1. The molecule has 0 saturated heterocycles. The molecule has 236 valence electrons. The van der Waals surface area contributed by atoms with Crippen molar-refractivity contribution in [3.05, 3.63) is 143 Å². The van der Waals surface area contributed by atoms with Crippen LogP contribution in [0.15, 0.2) is 109 Å². The van der Waals surface area contributed by atoms with Crippen molar-refractivity contribution in [1.29, 1.82) is 0 Å². The normalized spacial score (nSPS) is 14.3. The maximum Gasteiger partial charge on any atom is 0.258 e. The summed E-state index contributed by atoms with van der Waals surface area (Å²) in [5, 5.41) is 0. The Labute approximate surface area is 275 Å². The lowest BCUT2D eigenvalue weighted by molar-refractivity contribution is 0.0766. The highest BCUT2D eigenvalue weighted by molar-refractivity contribution is 6.10. The Hall–Kier alpha value is -5.56. The highest BCUT2D eigenvalue weighted by atomic mass is 16.5. The van der Waals surface area contributed by atoms with Gasteiger partial charge in [-0.15, -0.1) is 0 Å². The molecular formula is C40H37N3O4. The smallest absolute Gasteiger partial charge is 0.258 e. The Morgan fingerprint density at radius 1 is 0.745 bits per heavy atom. The number of hydrogen-bond acceptors (Lipinski definition) is 5. The van der Waals surface area contributed by atoms with Gasteiger partial charge in [0.15, 0.2) is 0 Å². The van der Waals surface area contributed by atoms with E-state index in [0.29, 0.717) is 36.4 Å². The van der Waals surface area contributed by atoms with Crippen molar-refractivity contribution >= 4 is 23.2 Å². The highest BCUT2D eigenvalue weighted by Gasteiger charge is 2.31. The summed E-state index contributed by atoms with van der Waals surface area (Å²) in [5.41, 5.74) is 14.7. The molecule has 0 saturated carbocycles. The predicted octanol–water partition coefficient (Wildman–Crippen LogP) is 7.66. The molecule has 0 bridgehead atoms. The topological polar surface area (TPSA) is 85.1 Å². The predicted molar refractivity (Wildman–Crippen MR) is 185 cm³/mol. The zero-order chi connectivity index (χ0) is 32.5. The molecule has 0 fully saturated rings. The van der Waals surface area contributed by atoms with Gasteiger partial charge in [0.05, 0.1) is 19.8 Å². The van der Waals surface area contributed by atoms with Crippen LogP contribution in [0.2, 0.25) is 0 Å². The molecule has 0 aliphatic carbocycles. The third-order valence-electron chi connectivity index (χ3n) is 9.05. The van der Waals surface area contributed by atoms with Gasteiger partial charge < -0.3 is 25.0 Å². The van der Waals surface area contributed by atoms with Crippen molar-refractivity contribution in [3.8, 4) is 22.6 Å². The quantitative estimate of drug-likeness (QED) is 0.162. The first-order chi connectivity index (χ1) is 22.9. The van der Waals surface area contributed by atoms with Crippen LogP contribution in [0, 0.1) is 0 Å². The van der Waals surface area contributed by atoms with Crippen molar-refractivity contribution < 1.29 is 19.1 Å². The number of hydrogen-bond donors (Lipinski definition) is 1. The number of fused-ring (bicyclic) bond motifs is 2. The van der Waals surface area contributed by atoms with Gasteiger partial charge in [0.2, 0.25) is 0 Å².